The summed E-state index contributed by atoms with van der Waals surface area (Å²) in [6.07, 6.45) is -10.4. The maximum absolute atomic E-state index is 13.5. The molecule has 0 bridgehead atoms. The van der Waals surface area contributed by atoms with Crippen LogP contribution in [0.3, 0.4) is 0 Å². The number of hydrogen-bond donors (Lipinski definition) is 0. The molecule has 0 aliphatic heterocycles. The van der Waals surface area contributed by atoms with Crippen molar-refractivity contribution in [2.75, 3.05) is 0 Å². The first kappa shape index (κ1) is 26.6. The summed E-state index contributed by atoms with van der Waals surface area (Å²) in [5, 5.41) is 11.5. The van der Waals surface area contributed by atoms with Crippen LogP contribution in [0.15, 0.2) is 83.3 Å². The third-order valence-electron chi connectivity index (χ3n) is 5.99. The molecule has 4 aromatic carbocycles. The Morgan fingerprint density at radius 2 is 1.33 bits per heavy atom. The molecule has 0 saturated carbocycles. The fourth-order valence-corrected chi connectivity index (χ4v) is 4.26. The molecule has 0 atom stereocenters. The summed E-state index contributed by atoms with van der Waals surface area (Å²) < 4.78 is 91.5. The Labute approximate surface area is 229 Å². The molecule has 1 radical (unpaired) electrons. The number of alkyl halides is 6. The van der Waals surface area contributed by atoms with Crippen molar-refractivity contribution in [2.45, 2.75) is 12.4 Å². The monoisotopic (exact) mass is 716 g/mol. The summed E-state index contributed by atoms with van der Waals surface area (Å²) in [5.74, 6) is -0.366. The fourth-order valence-electron chi connectivity index (χ4n) is 4.26. The first-order chi connectivity index (χ1) is 18.1. The van der Waals surface area contributed by atoms with Crippen molar-refractivity contribution in [3.05, 3.63) is 96.1 Å². The van der Waals surface area contributed by atoms with E-state index in [4.69, 9.17) is 9.15 Å². The minimum Gasteiger partial charge on any atom is -0.518 e. The standard InChI is InChI=1S/C28H13F6N2O2.Ir/c29-27(30,31)21-10-9-18(14-22(21)28(32,33)34)37-26-20-12-16-6-2-1-5-15(16)11-19(20)25(35-36-26)24-13-17-7-3-4-8-23(17)38-24;/h1-12,14H;/q-1;. The predicted octanol–water partition coefficient (Wildman–Crippen LogP) is 8.82. The molecular formula is C28H13F6IrN2O2-. The smallest absolute Gasteiger partial charge is 0.417 e. The van der Waals surface area contributed by atoms with E-state index in [9.17, 15) is 26.3 Å². The Bertz CT molecular complexity index is 1810. The van der Waals surface area contributed by atoms with Gasteiger partial charge in [0.25, 0.3) is 0 Å². The molecule has 0 amide bonds. The molecule has 4 nitrogen and oxygen atoms in total. The second-order valence-electron chi connectivity index (χ2n) is 8.46. The van der Waals surface area contributed by atoms with Gasteiger partial charge in [-0.3, -0.25) is 0 Å². The average Bonchev–Trinajstić information content (AvgIpc) is 3.31. The molecule has 199 valence electrons. The van der Waals surface area contributed by atoms with E-state index in [0.717, 1.165) is 16.8 Å². The Morgan fingerprint density at radius 3 is 2.00 bits per heavy atom. The summed E-state index contributed by atoms with van der Waals surface area (Å²) in [6.45, 7) is 0. The maximum Gasteiger partial charge on any atom is 0.417 e. The van der Waals surface area contributed by atoms with E-state index in [-0.39, 0.29) is 26.0 Å². The maximum atomic E-state index is 13.5. The number of hydrogen-bond acceptors (Lipinski definition) is 4. The van der Waals surface area contributed by atoms with Gasteiger partial charge in [-0.25, -0.2) is 0 Å². The second-order valence-corrected chi connectivity index (χ2v) is 8.46. The van der Waals surface area contributed by atoms with Crippen molar-refractivity contribution in [2.24, 2.45) is 0 Å². The molecule has 2 heterocycles. The molecule has 2 aromatic heterocycles. The van der Waals surface area contributed by atoms with Gasteiger partial charge in [-0.05, 0) is 40.4 Å². The van der Waals surface area contributed by atoms with Crippen molar-refractivity contribution in [3.63, 3.8) is 0 Å². The van der Waals surface area contributed by atoms with Gasteiger partial charge < -0.3 is 9.15 Å². The SMILES string of the molecule is FC(F)(F)c1ccc(Oc2nnc(-c3[c-]c4ccccc4o3)c3cc4ccccc4cc23)cc1C(F)(F)F.[Ir]. The topological polar surface area (TPSA) is 48.2 Å². The van der Waals surface area contributed by atoms with E-state index in [1.165, 1.54) is 0 Å². The number of benzene rings is 4. The van der Waals surface area contributed by atoms with Gasteiger partial charge in [-0.1, -0.05) is 48.5 Å². The Kier molecular flexibility index (Phi) is 6.60. The quantitative estimate of drug-likeness (QED) is 0.104. The van der Waals surface area contributed by atoms with Crippen LogP contribution in [0.1, 0.15) is 11.1 Å². The van der Waals surface area contributed by atoms with E-state index >= 15 is 0 Å². The van der Waals surface area contributed by atoms with Gasteiger partial charge in [-0.15, -0.1) is 22.6 Å². The van der Waals surface area contributed by atoms with Crippen molar-refractivity contribution < 1.29 is 55.6 Å². The molecule has 11 heteroatoms. The molecule has 39 heavy (non-hydrogen) atoms. The summed E-state index contributed by atoms with van der Waals surface area (Å²) in [4.78, 5) is 0. The van der Waals surface area contributed by atoms with Crippen LogP contribution in [0, 0.1) is 6.07 Å². The van der Waals surface area contributed by atoms with E-state index in [1.807, 2.05) is 36.4 Å². The first-order valence-corrected chi connectivity index (χ1v) is 11.1. The van der Waals surface area contributed by atoms with Crippen LogP contribution in [-0.2, 0) is 32.5 Å². The third-order valence-corrected chi connectivity index (χ3v) is 5.99. The fraction of sp³-hybridized carbons (Fsp3) is 0.0714. The average molecular weight is 716 g/mol. The van der Waals surface area contributed by atoms with Crippen LogP contribution in [-0.4, -0.2) is 10.2 Å². The molecular weight excluding hydrogens is 703 g/mol. The van der Waals surface area contributed by atoms with Crippen LogP contribution >= 0.6 is 0 Å². The number of fused-ring (bicyclic) bond motifs is 3. The van der Waals surface area contributed by atoms with Gasteiger partial charge in [0.2, 0.25) is 5.88 Å². The number of halogens is 6. The van der Waals surface area contributed by atoms with Crippen molar-refractivity contribution in [1.82, 2.24) is 10.2 Å². The Hall–Kier alpha value is -3.95. The van der Waals surface area contributed by atoms with E-state index in [0.29, 0.717) is 45.3 Å². The molecule has 0 N–H and O–H groups in total. The van der Waals surface area contributed by atoms with Gasteiger partial charge in [0, 0.05) is 31.1 Å². The molecule has 0 unspecified atom stereocenters. The minimum absolute atomic E-state index is 0. The van der Waals surface area contributed by atoms with E-state index in [2.05, 4.69) is 16.3 Å². The van der Waals surface area contributed by atoms with Crippen LogP contribution in [0.2, 0.25) is 0 Å². The zero-order chi connectivity index (χ0) is 26.7. The van der Waals surface area contributed by atoms with Gasteiger partial charge in [0.05, 0.1) is 22.6 Å². The first-order valence-electron chi connectivity index (χ1n) is 11.1. The predicted molar refractivity (Wildman–Crippen MR) is 128 cm³/mol. The largest absolute Gasteiger partial charge is 0.518 e. The van der Waals surface area contributed by atoms with E-state index in [1.54, 1.807) is 24.3 Å². The van der Waals surface area contributed by atoms with Crippen LogP contribution in [0.4, 0.5) is 26.3 Å². The number of nitrogens with zero attached hydrogens (tertiary/aromatic N) is 2. The summed E-state index contributed by atoms with van der Waals surface area (Å²) in [7, 11) is 0. The van der Waals surface area contributed by atoms with Crippen molar-refractivity contribution >= 4 is 32.5 Å². The summed E-state index contributed by atoms with van der Waals surface area (Å²) in [6, 6.07) is 22.6. The second kappa shape index (κ2) is 9.66. The normalized spacial score (nSPS) is 12.2. The van der Waals surface area contributed by atoms with Crippen LogP contribution < -0.4 is 4.74 Å². The molecule has 0 spiro atoms. The molecule has 0 aliphatic rings. The number of ether oxygens (including phenoxy) is 1. The van der Waals surface area contributed by atoms with Crippen molar-refractivity contribution in [1.29, 1.82) is 0 Å². The number of furan rings is 1. The van der Waals surface area contributed by atoms with Crippen LogP contribution in [0.25, 0.3) is 44.0 Å². The molecule has 6 rings (SSSR count). The van der Waals surface area contributed by atoms with E-state index < -0.39 is 29.2 Å². The van der Waals surface area contributed by atoms with Gasteiger partial charge >= 0.3 is 12.4 Å². The number of aromatic nitrogens is 2. The molecule has 6 aromatic rings. The van der Waals surface area contributed by atoms with Gasteiger partial charge in [0.1, 0.15) is 5.75 Å². The zero-order valence-corrected chi connectivity index (χ0v) is 21.7. The summed E-state index contributed by atoms with van der Waals surface area (Å²) >= 11 is 0. The molecule has 0 aliphatic carbocycles. The van der Waals surface area contributed by atoms with Gasteiger partial charge in [-0.2, -0.15) is 31.4 Å². The Balaban J connectivity index is 0.00000308. The third kappa shape index (κ3) is 4.95. The zero-order valence-electron chi connectivity index (χ0n) is 19.3. The summed E-state index contributed by atoms with van der Waals surface area (Å²) in [5.41, 5.74) is -2.78. The van der Waals surface area contributed by atoms with Gasteiger partial charge in [0.15, 0.2) is 0 Å². The molecule has 0 fully saturated rings. The minimum atomic E-state index is -5.25. The number of para-hydroxylation sites is 1. The Morgan fingerprint density at radius 1 is 0.692 bits per heavy atom. The van der Waals surface area contributed by atoms with Crippen molar-refractivity contribution in [3.8, 4) is 23.1 Å². The molecule has 0 saturated heterocycles. The number of rotatable bonds is 3. The van der Waals surface area contributed by atoms with Crippen LogP contribution in [0.5, 0.6) is 11.6 Å².